The quantitative estimate of drug-likeness (QED) is 0.884. The number of hydrogen-bond donors (Lipinski definition) is 2. The van der Waals surface area contributed by atoms with Crippen LogP contribution < -0.4 is 10.6 Å². The molecule has 6 heteroatoms. The van der Waals surface area contributed by atoms with Crippen LogP contribution in [0.25, 0.3) is 11.4 Å². The lowest BCUT2D eigenvalue weighted by Crippen LogP contribution is -2.43. The van der Waals surface area contributed by atoms with E-state index in [4.69, 9.17) is 5.73 Å². The molecule has 2 heterocycles. The molecule has 1 fully saturated rings. The van der Waals surface area contributed by atoms with E-state index in [1.807, 2.05) is 12.1 Å². The minimum Gasteiger partial charge on any atom is -0.338 e. The molecule has 1 unspecified atom stereocenters. The zero-order chi connectivity index (χ0) is 14.1. The summed E-state index contributed by atoms with van der Waals surface area (Å²) in [5.74, 6) is 1.56. The van der Waals surface area contributed by atoms with Gasteiger partial charge in [-0.2, -0.15) is 4.98 Å². The van der Waals surface area contributed by atoms with Gasteiger partial charge in [-0.05, 0) is 43.5 Å². The Bertz CT molecular complexity index is 609. The first kappa shape index (κ1) is 13.6. The fourth-order valence-corrected chi connectivity index (χ4v) is 3.07. The zero-order valence-corrected chi connectivity index (χ0v) is 13.0. The van der Waals surface area contributed by atoms with Gasteiger partial charge < -0.3 is 10.6 Å². The molecule has 0 saturated carbocycles. The molecular weight excluding hydrogens is 318 g/mol. The van der Waals surface area contributed by atoms with Gasteiger partial charge in [-0.3, -0.25) is 5.10 Å². The van der Waals surface area contributed by atoms with Crippen LogP contribution in [-0.4, -0.2) is 34.3 Å². The third-order valence-corrected chi connectivity index (χ3v) is 4.15. The first-order chi connectivity index (χ1) is 9.63. The van der Waals surface area contributed by atoms with Crippen molar-refractivity contribution in [3.63, 3.8) is 0 Å². The standard InChI is InChI=1S/C14H18BrN5/c1-9-7-10(15)4-5-12(9)13-17-14(19-18-13)20-6-2-3-11(16)8-20/h4-5,7,11H,2-3,6,8,16H2,1H3,(H,17,18,19). The van der Waals surface area contributed by atoms with E-state index in [-0.39, 0.29) is 6.04 Å². The van der Waals surface area contributed by atoms with E-state index in [1.54, 1.807) is 0 Å². The van der Waals surface area contributed by atoms with E-state index < -0.39 is 0 Å². The molecule has 2 aromatic rings. The molecule has 1 aliphatic rings. The van der Waals surface area contributed by atoms with Crippen LogP contribution in [0.3, 0.4) is 0 Å². The van der Waals surface area contributed by atoms with Crippen LogP contribution in [0.2, 0.25) is 0 Å². The number of aromatic amines is 1. The summed E-state index contributed by atoms with van der Waals surface area (Å²) >= 11 is 3.47. The van der Waals surface area contributed by atoms with Crippen molar-refractivity contribution < 1.29 is 0 Å². The number of nitrogens with one attached hydrogen (secondary N) is 1. The molecule has 20 heavy (non-hydrogen) atoms. The molecule has 0 aliphatic carbocycles. The predicted molar refractivity (Wildman–Crippen MR) is 83.7 cm³/mol. The fourth-order valence-electron chi connectivity index (χ4n) is 2.60. The number of hydrogen-bond acceptors (Lipinski definition) is 4. The second-order valence-electron chi connectivity index (χ2n) is 5.29. The summed E-state index contributed by atoms with van der Waals surface area (Å²) in [6.45, 7) is 3.88. The molecule has 1 aromatic carbocycles. The Morgan fingerprint density at radius 1 is 1.45 bits per heavy atom. The second-order valence-corrected chi connectivity index (χ2v) is 6.21. The average molecular weight is 336 g/mol. The maximum Gasteiger partial charge on any atom is 0.245 e. The van der Waals surface area contributed by atoms with E-state index in [0.29, 0.717) is 0 Å². The van der Waals surface area contributed by atoms with Gasteiger partial charge in [0.25, 0.3) is 0 Å². The van der Waals surface area contributed by atoms with Crippen molar-refractivity contribution in [3.05, 3.63) is 28.2 Å². The molecule has 106 valence electrons. The summed E-state index contributed by atoms with van der Waals surface area (Å²) in [4.78, 5) is 6.77. The Labute approximate surface area is 126 Å². The average Bonchev–Trinajstić information content (AvgIpc) is 2.88. The summed E-state index contributed by atoms with van der Waals surface area (Å²) in [6.07, 6.45) is 2.18. The van der Waals surface area contributed by atoms with Gasteiger partial charge in [-0.15, -0.1) is 5.10 Å². The molecule has 3 N–H and O–H groups in total. The monoisotopic (exact) mass is 335 g/mol. The lowest BCUT2D eigenvalue weighted by molar-refractivity contribution is 0.500. The molecular formula is C14H18BrN5. The first-order valence-electron chi connectivity index (χ1n) is 6.83. The summed E-state index contributed by atoms with van der Waals surface area (Å²) in [5.41, 5.74) is 8.25. The van der Waals surface area contributed by atoms with Gasteiger partial charge >= 0.3 is 0 Å². The van der Waals surface area contributed by atoms with Crippen LogP contribution in [0.15, 0.2) is 22.7 Å². The SMILES string of the molecule is Cc1cc(Br)ccc1-c1nc(N2CCCC(N)C2)n[nH]1. The maximum absolute atomic E-state index is 6.01. The van der Waals surface area contributed by atoms with E-state index in [0.717, 1.165) is 53.3 Å². The van der Waals surface area contributed by atoms with Crippen molar-refractivity contribution in [1.82, 2.24) is 15.2 Å². The highest BCUT2D eigenvalue weighted by molar-refractivity contribution is 9.10. The van der Waals surface area contributed by atoms with E-state index >= 15 is 0 Å². The number of anilines is 1. The molecule has 1 aromatic heterocycles. The smallest absolute Gasteiger partial charge is 0.245 e. The molecule has 5 nitrogen and oxygen atoms in total. The van der Waals surface area contributed by atoms with Crippen LogP contribution in [0.5, 0.6) is 0 Å². The minimum atomic E-state index is 0.222. The normalized spacial score (nSPS) is 19.4. The highest BCUT2D eigenvalue weighted by Gasteiger charge is 2.20. The summed E-state index contributed by atoms with van der Waals surface area (Å²) in [7, 11) is 0. The number of H-pyrrole nitrogens is 1. The summed E-state index contributed by atoms with van der Waals surface area (Å²) < 4.78 is 1.07. The maximum atomic E-state index is 6.01. The van der Waals surface area contributed by atoms with Crippen molar-refractivity contribution in [2.75, 3.05) is 18.0 Å². The van der Waals surface area contributed by atoms with Gasteiger partial charge in [0, 0.05) is 29.2 Å². The lowest BCUT2D eigenvalue weighted by atomic mass is 10.1. The Kier molecular flexibility index (Phi) is 3.76. The summed E-state index contributed by atoms with van der Waals surface area (Å²) in [6, 6.07) is 6.36. The van der Waals surface area contributed by atoms with Gasteiger partial charge in [0.1, 0.15) is 0 Å². The highest BCUT2D eigenvalue weighted by atomic mass is 79.9. The minimum absolute atomic E-state index is 0.222. The van der Waals surface area contributed by atoms with Crippen molar-refractivity contribution in [2.24, 2.45) is 5.73 Å². The third kappa shape index (κ3) is 2.71. The number of aromatic nitrogens is 3. The van der Waals surface area contributed by atoms with Crippen LogP contribution in [0.4, 0.5) is 5.95 Å². The van der Waals surface area contributed by atoms with Crippen LogP contribution >= 0.6 is 15.9 Å². The molecule has 1 aliphatic heterocycles. The topological polar surface area (TPSA) is 70.8 Å². The molecule has 0 radical (unpaired) electrons. The Morgan fingerprint density at radius 2 is 2.30 bits per heavy atom. The number of piperidine rings is 1. The third-order valence-electron chi connectivity index (χ3n) is 3.66. The van der Waals surface area contributed by atoms with Crippen molar-refractivity contribution in [2.45, 2.75) is 25.8 Å². The number of rotatable bonds is 2. The largest absolute Gasteiger partial charge is 0.338 e. The molecule has 1 atom stereocenters. The molecule has 1 saturated heterocycles. The van der Waals surface area contributed by atoms with Crippen LogP contribution in [0, 0.1) is 6.92 Å². The van der Waals surface area contributed by atoms with Gasteiger partial charge in [-0.1, -0.05) is 15.9 Å². The number of nitrogens with two attached hydrogens (primary N) is 1. The van der Waals surface area contributed by atoms with Crippen molar-refractivity contribution >= 4 is 21.9 Å². The lowest BCUT2D eigenvalue weighted by Gasteiger charge is -2.29. The van der Waals surface area contributed by atoms with E-state index in [1.165, 1.54) is 0 Å². The number of halogens is 1. The van der Waals surface area contributed by atoms with Crippen LogP contribution in [0.1, 0.15) is 18.4 Å². The molecule has 0 spiro atoms. The van der Waals surface area contributed by atoms with Crippen LogP contribution in [-0.2, 0) is 0 Å². The first-order valence-corrected chi connectivity index (χ1v) is 7.62. The van der Waals surface area contributed by atoms with Gasteiger partial charge in [0.2, 0.25) is 5.95 Å². The van der Waals surface area contributed by atoms with E-state index in [9.17, 15) is 0 Å². The second kappa shape index (κ2) is 5.54. The van der Waals surface area contributed by atoms with Gasteiger partial charge in [0.05, 0.1) is 0 Å². The zero-order valence-electron chi connectivity index (χ0n) is 11.4. The van der Waals surface area contributed by atoms with Gasteiger partial charge in [-0.25, -0.2) is 0 Å². The fraction of sp³-hybridized carbons (Fsp3) is 0.429. The molecule has 3 rings (SSSR count). The highest BCUT2D eigenvalue weighted by Crippen LogP contribution is 2.25. The Morgan fingerprint density at radius 3 is 3.05 bits per heavy atom. The Balaban J connectivity index is 1.86. The number of benzene rings is 1. The van der Waals surface area contributed by atoms with Gasteiger partial charge in [0.15, 0.2) is 5.82 Å². The Hall–Kier alpha value is -1.40. The van der Waals surface area contributed by atoms with E-state index in [2.05, 4.69) is 49.0 Å². The van der Waals surface area contributed by atoms with Crippen molar-refractivity contribution in [3.8, 4) is 11.4 Å². The number of aryl methyl sites for hydroxylation is 1. The predicted octanol–water partition coefficient (Wildman–Crippen LogP) is 2.47. The molecule has 0 amide bonds. The van der Waals surface area contributed by atoms with Crippen molar-refractivity contribution in [1.29, 1.82) is 0 Å². The number of nitrogens with zero attached hydrogens (tertiary/aromatic N) is 3. The summed E-state index contributed by atoms with van der Waals surface area (Å²) in [5, 5.41) is 7.37. The molecule has 0 bridgehead atoms.